The Balaban J connectivity index is 2.31. The lowest BCUT2D eigenvalue weighted by atomic mass is 10.0. The maximum Gasteiger partial charge on any atom is 0.335 e. The molecule has 23 heavy (non-hydrogen) atoms. The second kappa shape index (κ2) is 6.04. The number of benzene rings is 1. The van der Waals surface area contributed by atoms with Gasteiger partial charge in [0.15, 0.2) is 5.43 Å². The molecule has 3 aromatic rings. The fourth-order valence-electron chi connectivity index (χ4n) is 2.56. The zero-order valence-corrected chi connectivity index (χ0v) is 12.6. The molecule has 0 saturated heterocycles. The molecule has 0 aliphatic rings. The fraction of sp³-hybridized carbons (Fsp3) is 0.167. The van der Waals surface area contributed by atoms with Crippen LogP contribution >= 0.6 is 0 Å². The number of carboxylic acid groups (broad SMARTS) is 1. The molecule has 3 rings (SSSR count). The number of carboxylic acids is 1. The Kier molecular flexibility index (Phi) is 3.93. The Morgan fingerprint density at radius 2 is 2.13 bits per heavy atom. The van der Waals surface area contributed by atoms with Crippen molar-refractivity contribution in [2.24, 2.45) is 0 Å². The van der Waals surface area contributed by atoms with Crippen LogP contribution in [0.1, 0.15) is 29.3 Å². The Hall–Kier alpha value is -2.95. The summed E-state index contributed by atoms with van der Waals surface area (Å²) in [6.07, 6.45) is 4.72. The Bertz CT molecular complexity index is 929. The van der Waals surface area contributed by atoms with Crippen LogP contribution in [0.2, 0.25) is 0 Å². The minimum atomic E-state index is -1.06. The maximum absolute atomic E-state index is 12.4. The second-order valence-corrected chi connectivity index (χ2v) is 5.28. The van der Waals surface area contributed by atoms with Gasteiger partial charge >= 0.3 is 5.97 Å². The Morgan fingerprint density at radius 1 is 1.30 bits per heavy atom. The van der Waals surface area contributed by atoms with E-state index < -0.39 is 5.97 Å². The number of nitrogens with zero attached hydrogens (tertiary/aromatic N) is 1. The molecule has 116 valence electrons. The fourth-order valence-corrected chi connectivity index (χ4v) is 2.56. The van der Waals surface area contributed by atoms with Crippen molar-refractivity contribution < 1.29 is 14.3 Å². The SMILES string of the molecule is CCCc1cc(C(=O)O)cc2c(=O)cc(-c3cccnc3)oc12. The van der Waals surface area contributed by atoms with Crippen LogP contribution in [-0.2, 0) is 6.42 Å². The lowest BCUT2D eigenvalue weighted by Crippen LogP contribution is -2.06. The quantitative estimate of drug-likeness (QED) is 0.797. The van der Waals surface area contributed by atoms with Crippen molar-refractivity contribution in [1.82, 2.24) is 4.98 Å². The first-order valence-corrected chi connectivity index (χ1v) is 7.34. The highest BCUT2D eigenvalue weighted by Gasteiger charge is 2.14. The predicted octanol–water partition coefficient (Wildman–Crippen LogP) is 3.51. The first-order chi connectivity index (χ1) is 11.1. The minimum Gasteiger partial charge on any atom is -0.478 e. The van der Waals surface area contributed by atoms with Crippen molar-refractivity contribution >= 4 is 16.9 Å². The van der Waals surface area contributed by atoms with Gasteiger partial charge in [-0.2, -0.15) is 0 Å². The summed E-state index contributed by atoms with van der Waals surface area (Å²) in [5.74, 6) is -0.629. The molecule has 0 amide bonds. The molecular weight excluding hydrogens is 294 g/mol. The summed E-state index contributed by atoms with van der Waals surface area (Å²) in [4.78, 5) is 27.7. The third-order valence-electron chi connectivity index (χ3n) is 3.62. The minimum absolute atomic E-state index is 0.0994. The topological polar surface area (TPSA) is 80.4 Å². The van der Waals surface area contributed by atoms with Crippen LogP contribution in [0, 0.1) is 0 Å². The molecule has 1 N–H and O–H groups in total. The summed E-state index contributed by atoms with van der Waals surface area (Å²) in [7, 11) is 0. The zero-order valence-electron chi connectivity index (χ0n) is 12.6. The highest BCUT2D eigenvalue weighted by molar-refractivity contribution is 5.94. The molecule has 5 nitrogen and oxygen atoms in total. The van der Waals surface area contributed by atoms with Crippen molar-refractivity contribution in [2.45, 2.75) is 19.8 Å². The maximum atomic E-state index is 12.4. The summed E-state index contributed by atoms with van der Waals surface area (Å²) in [6.45, 7) is 1.99. The van der Waals surface area contributed by atoms with Crippen LogP contribution in [0.25, 0.3) is 22.3 Å². The van der Waals surface area contributed by atoms with E-state index in [1.807, 2.05) is 13.0 Å². The molecule has 0 unspecified atom stereocenters. The molecule has 0 spiro atoms. The number of aromatic nitrogens is 1. The number of aromatic carboxylic acids is 1. The van der Waals surface area contributed by atoms with E-state index in [9.17, 15) is 14.7 Å². The van der Waals surface area contributed by atoms with Gasteiger partial charge < -0.3 is 9.52 Å². The van der Waals surface area contributed by atoms with Gasteiger partial charge in [-0.25, -0.2) is 4.79 Å². The molecule has 2 aromatic heterocycles. The standard InChI is InChI=1S/C18H15NO4/c1-2-4-11-7-13(18(21)22)8-14-15(20)9-16(23-17(11)14)12-5-3-6-19-10-12/h3,5-10H,2,4H2,1H3,(H,21,22). The number of hydrogen-bond acceptors (Lipinski definition) is 4. The highest BCUT2D eigenvalue weighted by atomic mass is 16.4. The lowest BCUT2D eigenvalue weighted by Gasteiger charge is -2.08. The molecule has 0 atom stereocenters. The van der Waals surface area contributed by atoms with Gasteiger partial charge in [-0.05, 0) is 36.2 Å². The van der Waals surface area contributed by atoms with Crippen LogP contribution in [0.4, 0.5) is 0 Å². The average molecular weight is 309 g/mol. The Labute approximate surface area is 132 Å². The Morgan fingerprint density at radius 3 is 2.78 bits per heavy atom. The number of aryl methyl sites for hydroxylation is 1. The molecule has 0 radical (unpaired) electrons. The van der Waals surface area contributed by atoms with Crippen molar-refractivity contribution in [3.05, 3.63) is 64.1 Å². The summed E-state index contributed by atoms with van der Waals surface area (Å²) in [6, 6.07) is 7.89. The molecule has 5 heteroatoms. The summed E-state index contributed by atoms with van der Waals surface area (Å²) >= 11 is 0. The first-order valence-electron chi connectivity index (χ1n) is 7.34. The van der Waals surface area contributed by atoms with Crippen LogP contribution in [-0.4, -0.2) is 16.1 Å². The molecule has 0 saturated carbocycles. The summed E-state index contributed by atoms with van der Waals surface area (Å²) in [5.41, 5.74) is 1.72. The van der Waals surface area contributed by atoms with Gasteiger partial charge in [0.05, 0.1) is 10.9 Å². The van der Waals surface area contributed by atoms with Crippen LogP contribution in [0.3, 0.4) is 0 Å². The van der Waals surface area contributed by atoms with Gasteiger partial charge in [0, 0.05) is 24.0 Å². The van der Waals surface area contributed by atoms with Crippen LogP contribution in [0.15, 0.2) is 51.9 Å². The van der Waals surface area contributed by atoms with E-state index >= 15 is 0 Å². The van der Waals surface area contributed by atoms with E-state index in [1.165, 1.54) is 12.1 Å². The van der Waals surface area contributed by atoms with Gasteiger partial charge in [0.1, 0.15) is 11.3 Å². The van der Waals surface area contributed by atoms with Crippen LogP contribution in [0.5, 0.6) is 0 Å². The second-order valence-electron chi connectivity index (χ2n) is 5.28. The number of rotatable bonds is 4. The molecule has 0 aliphatic carbocycles. The molecule has 0 bridgehead atoms. The van der Waals surface area contributed by atoms with Crippen molar-refractivity contribution in [3.8, 4) is 11.3 Å². The van der Waals surface area contributed by atoms with Gasteiger partial charge in [-0.1, -0.05) is 13.3 Å². The van der Waals surface area contributed by atoms with E-state index in [1.54, 1.807) is 24.5 Å². The van der Waals surface area contributed by atoms with E-state index in [2.05, 4.69) is 4.98 Å². The van der Waals surface area contributed by atoms with Crippen molar-refractivity contribution in [3.63, 3.8) is 0 Å². The lowest BCUT2D eigenvalue weighted by molar-refractivity contribution is 0.0697. The average Bonchev–Trinajstić information content (AvgIpc) is 2.56. The summed E-state index contributed by atoms with van der Waals surface area (Å²) in [5, 5.41) is 9.51. The molecule has 2 heterocycles. The smallest absolute Gasteiger partial charge is 0.335 e. The number of carbonyl (C=O) groups is 1. The van der Waals surface area contributed by atoms with Crippen molar-refractivity contribution in [2.75, 3.05) is 0 Å². The number of hydrogen-bond donors (Lipinski definition) is 1. The summed E-state index contributed by atoms with van der Waals surface area (Å²) < 4.78 is 5.91. The van der Waals surface area contributed by atoms with Gasteiger partial charge in [-0.3, -0.25) is 9.78 Å². The molecular formula is C18H15NO4. The predicted molar refractivity (Wildman–Crippen MR) is 86.7 cm³/mol. The van der Waals surface area contributed by atoms with E-state index in [0.29, 0.717) is 28.7 Å². The highest BCUT2D eigenvalue weighted by Crippen LogP contribution is 2.26. The first kappa shape index (κ1) is 15.0. The van der Waals surface area contributed by atoms with Crippen LogP contribution < -0.4 is 5.43 Å². The van der Waals surface area contributed by atoms with E-state index in [0.717, 1.165) is 12.0 Å². The molecule has 0 fully saturated rings. The normalized spacial score (nSPS) is 10.8. The largest absolute Gasteiger partial charge is 0.478 e. The van der Waals surface area contributed by atoms with Gasteiger partial charge in [-0.15, -0.1) is 0 Å². The third kappa shape index (κ3) is 2.85. The number of fused-ring (bicyclic) bond motifs is 1. The number of pyridine rings is 1. The third-order valence-corrected chi connectivity index (χ3v) is 3.62. The molecule has 0 aliphatic heterocycles. The van der Waals surface area contributed by atoms with E-state index in [-0.39, 0.29) is 11.0 Å². The monoisotopic (exact) mass is 309 g/mol. The molecule has 1 aromatic carbocycles. The zero-order chi connectivity index (χ0) is 16.4. The van der Waals surface area contributed by atoms with Gasteiger partial charge in [0.25, 0.3) is 0 Å². The van der Waals surface area contributed by atoms with E-state index in [4.69, 9.17) is 4.42 Å². The van der Waals surface area contributed by atoms with Gasteiger partial charge in [0.2, 0.25) is 0 Å². The van der Waals surface area contributed by atoms with Crippen molar-refractivity contribution in [1.29, 1.82) is 0 Å².